The van der Waals surface area contributed by atoms with Crippen molar-refractivity contribution in [3.63, 3.8) is 0 Å². The molecule has 2 N–H and O–H groups in total. The van der Waals surface area contributed by atoms with Gasteiger partial charge in [-0.2, -0.15) is 5.10 Å². The SMILES string of the molecule is Cc1ccc(CN(C)C(CN)c2cn(C)nc2C)o1. The molecule has 0 saturated heterocycles. The molecule has 5 nitrogen and oxygen atoms in total. The zero-order valence-corrected chi connectivity index (χ0v) is 12.1. The molecule has 0 bridgehead atoms. The van der Waals surface area contributed by atoms with Crippen LogP contribution in [0.2, 0.25) is 0 Å². The van der Waals surface area contributed by atoms with Crippen molar-refractivity contribution in [3.8, 4) is 0 Å². The van der Waals surface area contributed by atoms with Crippen LogP contribution in [0, 0.1) is 13.8 Å². The van der Waals surface area contributed by atoms with Gasteiger partial charge in [-0.05, 0) is 33.0 Å². The Morgan fingerprint density at radius 3 is 2.63 bits per heavy atom. The Morgan fingerprint density at radius 2 is 2.16 bits per heavy atom. The van der Waals surface area contributed by atoms with Crippen LogP contribution in [0.4, 0.5) is 0 Å². The van der Waals surface area contributed by atoms with Crippen molar-refractivity contribution in [2.45, 2.75) is 26.4 Å². The topological polar surface area (TPSA) is 60.2 Å². The van der Waals surface area contributed by atoms with Crippen LogP contribution in [-0.4, -0.2) is 28.3 Å². The van der Waals surface area contributed by atoms with Crippen molar-refractivity contribution in [2.75, 3.05) is 13.6 Å². The van der Waals surface area contributed by atoms with Gasteiger partial charge in [0, 0.05) is 25.4 Å². The highest BCUT2D eigenvalue weighted by molar-refractivity contribution is 5.21. The Morgan fingerprint density at radius 1 is 1.42 bits per heavy atom. The smallest absolute Gasteiger partial charge is 0.118 e. The lowest BCUT2D eigenvalue weighted by atomic mass is 10.1. The Hall–Kier alpha value is -1.59. The van der Waals surface area contributed by atoms with Crippen molar-refractivity contribution < 1.29 is 4.42 Å². The average Bonchev–Trinajstić information content (AvgIpc) is 2.87. The highest BCUT2D eigenvalue weighted by atomic mass is 16.3. The molecule has 104 valence electrons. The minimum absolute atomic E-state index is 0.152. The van der Waals surface area contributed by atoms with Crippen molar-refractivity contribution >= 4 is 0 Å². The minimum atomic E-state index is 0.152. The lowest BCUT2D eigenvalue weighted by Gasteiger charge is -2.25. The first-order valence-corrected chi connectivity index (χ1v) is 6.47. The van der Waals surface area contributed by atoms with E-state index in [0.717, 1.165) is 23.8 Å². The van der Waals surface area contributed by atoms with Gasteiger partial charge in [0.15, 0.2) is 0 Å². The van der Waals surface area contributed by atoms with E-state index in [9.17, 15) is 0 Å². The molecular weight excluding hydrogens is 240 g/mol. The molecule has 19 heavy (non-hydrogen) atoms. The van der Waals surface area contributed by atoms with Gasteiger partial charge in [0.25, 0.3) is 0 Å². The standard InChI is InChI=1S/C14H22N4O/c1-10-5-6-12(19-10)8-17(3)14(7-15)13-9-18(4)16-11(13)2/h5-6,9,14H,7-8,15H2,1-4H3. The van der Waals surface area contributed by atoms with Gasteiger partial charge in [-0.3, -0.25) is 9.58 Å². The second kappa shape index (κ2) is 5.59. The van der Waals surface area contributed by atoms with Gasteiger partial charge in [0.1, 0.15) is 11.5 Å². The van der Waals surface area contributed by atoms with Gasteiger partial charge in [-0.1, -0.05) is 0 Å². The van der Waals surface area contributed by atoms with Gasteiger partial charge in [0.05, 0.1) is 18.3 Å². The number of rotatable bonds is 5. The van der Waals surface area contributed by atoms with Crippen molar-refractivity contribution in [2.24, 2.45) is 12.8 Å². The molecule has 2 heterocycles. The Kier molecular flexibility index (Phi) is 4.07. The van der Waals surface area contributed by atoms with Crippen LogP contribution in [0.15, 0.2) is 22.7 Å². The summed E-state index contributed by atoms with van der Waals surface area (Å²) in [4.78, 5) is 2.20. The third-order valence-corrected chi connectivity index (χ3v) is 3.37. The molecule has 0 aromatic carbocycles. The molecule has 0 aliphatic rings. The molecule has 0 aliphatic carbocycles. The van der Waals surface area contributed by atoms with Crippen molar-refractivity contribution in [1.29, 1.82) is 0 Å². The molecule has 0 aliphatic heterocycles. The molecule has 0 radical (unpaired) electrons. The Labute approximate surface area is 114 Å². The summed E-state index contributed by atoms with van der Waals surface area (Å²) in [6, 6.07) is 4.14. The van der Waals surface area contributed by atoms with E-state index in [-0.39, 0.29) is 6.04 Å². The highest BCUT2D eigenvalue weighted by Gasteiger charge is 2.20. The summed E-state index contributed by atoms with van der Waals surface area (Å²) in [5, 5.41) is 4.38. The molecule has 5 heteroatoms. The summed E-state index contributed by atoms with van der Waals surface area (Å²) >= 11 is 0. The average molecular weight is 262 g/mol. The summed E-state index contributed by atoms with van der Waals surface area (Å²) in [6.07, 6.45) is 2.04. The molecule has 1 atom stereocenters. The van der Waals surface area contributed by atoms with Crippen LogP contribution in [0.3, 0.4) is 0 Å². The minimum Gasteiger partial charge on any atom is -0.465 e. The number of nitrogens with zero attached hydrogens (tertiary/aromatic N) is 3. The summed E-state index contributed by atoms with van der Waals surface area (Å²) in [5.74, 6) is 1.89. The fourth-order valence-electron chi connectivity index (χ4n) is 2.42. The maximum Gasteiger partial charge on any atom is 0.118 e. The molecule has 2 rings (SSSR count). The van der Waals surface area contributed by atoms with E-state index < -0.39 is 0 Å². The van der Waals surface area contributed by atoms with Crippen LogP contribution < -0.4 is 5.73 Å². The summed E-state index contributed by atoms with van der Waals surface area (Å²) in [6.45, 7) is 5.27. The van der Waals surface area contributed by atoms with Gasteiger partial charge >= 0.3 is 0 Å². The zero-order chi connectivity index (χ0) is 14.0. The van der Waals surface area contributed by atoms with Crippen LogP contribution >= 0.6 is 0 Å². The molecule has 0 amide bonds. The third-order valence-electron chi connectivity index (χ3n) is 3.37. The van der Waals surface area contributed by atoms with Crippen molar-refractivity contribution in [1.82, 2.24) is 14.7 Å². The summed E-state index contributed by atoms with van der Waals surface area (Å²) in [5.41, 5.74) is 8.14. The van der Waals surface area contributed by atoms with E-state index in [2.05, 4.69) is 17.0 Å². The summed E-state index contributed by atoms with van der Waals surface area (Å²) < 4.78 is 7.45. The fourth-order valence-corrected chi connectivity index (χ4v) is 2.42. The molecular formula is C14H22N4O. The Balaban J connectivity index is 2.15. The van der Waals surface area contributed by atoms with Gasteiger partial charge in [-0.25, -0.2) is 0 Å². The van der Waals surface area contributed by atoms with Crippen LogP contribution in [0.25, 0.3) is 0 Å². The number of furan rings is 1. The number of hydrogen-bond acceptors (Lipinski definition) is 4. The molecule has 0 spiro atoms. The van der Waals surface area contributed by atoms with E-state index in [1.165, 1.54) is 5.56 Å². The predicted octanol–water partition coefficient (Wildman–Crippen LogP) is 1.76. The van der Waals surface area contributed by atoms with Gasteiger partial charge in [-0.15, -0.1) is 0 Å². The lowest BCUT2D eigenvalue weighted by Crippen LogP contribution is -2.30. The quantitative estimate of drug-likeness (QED) is 0.892. The van der Waals surface area contributed by atoms with Crippen LogP contribution in [-0.2, 0) is 13.6 Å². The maximum absolute atomic E-state index is 5.93. The monoisotopic (exact) mass is 262 g/mol. The second-order valence-electron chi connectivity index (χ2n) is 5.02. The third kappa shape index (κ3) is 3.05. The first-order chi connectivity index (χ1) is 9.01. The highest BCUT2D eigenvalue weighted by Crippen LogP contribution is 2.23. The number of likely N-dealkylation sites (N-methyl/N-ethyl adjacent to an activating group) is 1. The molecule has 0 fully saturated rings. The van der Waals surface area contributed by atoms with E-state index in [1.807, 2.05) is 43.9 Å². The van der Waals surface area contributed by atoms with Crippen LogP contribution in [0.5, 0.6) is 0 Å². The van der Waals surface area contributed by atoms with Gasteiger partial charge < -0.3 is 10.2 Å². The molecule has 0 saturated carbocycles. The molecule has 1 unspecified atom stereocenters. The first-order valence-electron chi connectivity index (χ1n) is 6.47. The number of nitrogens with two attached hydrogens (primary N) is 1. The second-order valence-corrected chi connectivity index (χ2v) is 5.02. The van der Waals surface area contributed by atoms with E-state index in [1.54, 1.807) is 0 Å². The maximum atomic E-state index is 5.93. The van der Waals surface area contributed by atoms with Crippen molar-refractivity contribution in [3.05, 3.63) is 41.1 Å². The first kappa shape index (κ1) is 13.8. The number of aromatic nitrogens is 2. The lowest BCUT2D eigenvalue weighted by molar-refractivity contribution is 0.221. The van der Waals surface area contributed by atoms with E-state index in [4.69, 9.17) is 10.2 Å². The largest absolute Gasteiger partial charge is 0.465 e. The van der Waals surface area contributed by atoms with Crippen LogP contribution in [0.1, 0.15) is 28.8 Å². The predicted molar refractivity (Wildman–Crippen MR) is 74.7 cm³/mol. The Bertz CT molecular complexity index is 543. The zero-order valence-electron chi connectivity index (χ0n) is 12.1. The fraction of sp³-hybridized carbons (Fsp3) is 0.500. The van der Waals surface area contributed by atoms with Gasteiger partial charge in [0.2, 0.25) is 0 Å². The number of aryl methyl sites for hydroxylation is 3. The summed E-state index contributed by atoms with van der Waals surface area (Å²) in [7, 11) is 3.99. The van der Waals surface area contributed by atoms with E-state index >= 15 is 0 Å². The normalized spacial score (nSPS) is 13.2. The van der Waals surface area contributed by atoms with E-state index in [0.29, 0.717) is 6.54 Å². The molecule has 2 aromatic rings. The number of hydrogen-bond donors (Lipinski definition) is 1. The molecule has 2 aromatic heterocycles.